The Balaban J connectivity index is 1.82. The molecular weight excluding hydrogens is 478 g/mol. The van der Waals surface area contributed by atoms with Crippen LogP contribution in [0.4, 0.5) is 11.4 Å². The van der Waals surface area contributed by atoms with Crippen molar-refractivity contribution in [1.82, 2.24) is 4.90 Å². The molecule has 2 atom stereocenters. The Labute approximate surface area is 213 Å². The van der Waals surface area contributed by atoms with Crippen molar-refractivity contribution in [2.75, 3.05) is 17.2 Å². The van der Waals surface area contributed by atoms with Crippen molar-refractivity contribution in [1.29, 1.82) is 0 Å². The second-order valence-corrected chi connectivity index (χ2v) is 11.8. The van der Waals surface area contributed by atoms with Crippen LogP contribution in [0, 0.1) is 0 Å². The molecule has 2 aromatic carbocycles. The second kappa shape index (κ2) is 11.6. The van der Waals surface area contributed by atoms with Crippen LogP contribution < -0.4 is 4.90 Å². The Kier molecular flexibility index (Phi) is 8.57. The Bertz CT molecular complexity index is 1180. The fourth-order valence-corrected chi connectivity index (χ4v) is 6.32. The lowest BCUT2D eigenvalue weighted by Gasteiger charge is -2.44. The molecule has 4 rings (SSSR count). The molecule has 0 aromatic heterocycles. The summed E-state index contributed by atoms with van der Waals surface area (Å²) in [5, 5.41) is 0. The second-order valence-electron chi connectivity index (χ2n) is 9.13. The molecule has 0 aliphatic carbocycles. The fraction of sp³-hybridized carbons (Fsp3) is 0.444. The van der Waals surface area contributed by atoms with Gasteiger partial charge in [0, 0.05) is 28.8 Å². The number of hydrogen-bond donors (Lipinski definition) is 1. The SMILES string of the molecule is CCCCc1ccc2c(c1)N(C(CCS(=O)(=O)O)C1N=CC=CN1CCCC)c1ccccc1S2. The molecule has 2 aliphatic heterocycles. The van der Waals surface area contributed by atoms with E-state index < -0.39 is 10.1 Å². The van der Waals surface area contributed by atoms with Gasteiger partial charge in [-0.3, -0.25) is 9.55 Å². The predicted octanol–water partition coefficient (Wildman–Crippen LogP) is 6.30. The summed E-state index contributed by atoms with van der Waals surface area (Å²) in [6, 6.07) is 14.6. The number of aliphatic imine (C=N–C) groups is 1. The summed E-state index contributed by atoms with van der Waals surface area (Å²) < 4.78 is 33.5. The van der Waals surface area contributed by atoms with Crippen molar-refractivity contribution >= 4 is 39.5 Å². The van der Waals surface area contributed by atoms with Crippen LogP contribution in [-0.2, 0) is 16.5 Å². The minimum Gasteiger partial charge on any atom is -0.354 e. The molecule has 1 N–H and O–H groups in total. The van der Waals surface area contributed by atoms with Gasteiger partial charge in [0.2, 0.25) is 0 Å². The first kappa shape index (κ1) is 25.8. The van der Waals surface area contributed by atoms with Gasteiger partial charge in [-0.15, -0.1) is 0 Å². The number of unbranched alkanes of at least 4 members (excludes halogenated alkanes) is 2. The van der Waals surface area contributed by atoms with Gasteiger partial charge in [-0.05, 0) is 61.6 Å². The molecule has 2 unspecified atom stereocenters. The highest BCUT2D eigenvalue weighted by atomic mass is 32.2. The molecule has 0 amide bonds. The molecule has 8 heteroatoms. The topological polar surface area (TPSA) is 73.2 Å². The first-order valence-electron chi connectivity index (χ1n) is 12.5. The van der Waals surface area contributed by atoms with Crippen LogP contribution in [0.3, 0.4) is 0 Å². The number of fused-ring (bicyclic) bond motifs is 2. The molecule has 0 radical (unpaired) electrons. The van der Waals surface area contributed by atoms with Gasteiger partial charge in [-0.25, -0.2) is 0 Å². The molecule has 0 spiro atoms. The van der Waals surface area contributed by atoms with E-state index in [9.17, 15) is 13.0 Å². The van der Waals surface area contributed by atoms with E-state index in [1.165, 1.54) is 5.56 Å². The van der Waals surface area contributed by atoms with E-state index in [1.54, 1.807) is 18.0 Å². The smallest absolute Gasteiger partial charge is 0.264 e. The summed E-state index contributed by atoms with van der Waals surface area (Å²) in [7, 11) is -4.13. The van der Waals surface area contributed by atoms with Crippen molar-refractivity contribution in [3.63, 3.8) is 0 Å². The first-order valence-corrected chi connectivity index (χ1v) is 14.9. The lowest BCUT2D eigenvalue weighted by molar-refractivity contribution is 0.237. The van der Waals surface area contributed by atoms with Crippen LogP contribution in [0.25, 0.3) is 0 Å². The van der Waals surface area contributed by atoms with E-state index in [0.29, 0.717) is 0 Å². The lowest BCUT2D eigenvalue weighted by Crippen LogP contribution is -2.50. The highest BCUT2D eigenvalue weighted by Gasteiger charge is 2.37. The number of para-hydroxylation sites is 1. The van der Waals surface area contributed by atoms with Crippen molar-refractivity contribution in [2.45, 2.75) is 74.4 Å². The van der Waals surface area contributed by atoms with Crippen molar-refractivity contribution in [2.24, 2.45) is 4.99 Å². The average Bonchev–Trinajstić information content (AvgIpc) is 2.85. The van der Waals surface area contributed by atoms with Crippen LogP contribution in [0.2, 0.25) is 0 Å². The number of benzene rings is 2. The van der Waals surface area contributed by atoms with Gasteiger partial charge in [0.05, 0.1) is 23.2 Å². The first-order chi connectivity index (χ1) is 16.9. The molecule has 188 valence electrons. The van der Waals surface area contributed by atoms with Gasteiger partial charge < -0.3 is 9.80 Å². The Morgan fingerprint density at radius 1 is 1.06 bits per heavy atom. The predicted molar refractivity (Wildman–Crippen MR) is 146 cm³/mol. The third-order valence-corrected chi connectivity index (χ3v) is 8.39. The van der Waals surface area contributed by atoms with Gasteiger partial charge in [0.15, 0.2) is 0 Å². The number of aryl methyl sites for hydroxylation is 1. The van der Waals surface area contributed by atoms with Gasteiger partial charge in [0.1, 0.15) is 6.17 Å². The van der Waals surface area contributed by atoms with Gasteiger partial charge in [-0.2, -0.15) is 8.42 Å². The van der Waals surface area contributed by atoms with Crippen molar-refractivity contribution in [3.8, 4) is 0 Å². The monoisotopic (exact) mass is 513 g/mol. The van der Waals surface area contributed by atoms with Gasteiger partial charge in [-0.1, -0.05) is 56.7 Å². The third-order valence-electron chi connectivity index (χ3n) is 6.51. The van der Waals surface area contributed by atoms with E-state index in [-0.39, 0.29) is 24.4 Å². The summed E-state index contributed by atoms with van der Waals surface area (Å²) in [5.41, 5.74) is 3.42. The van der Waals surface area contributed by atoms with Crippen LogP contribution in [0.1, 0.15) is 51.5 Å². The summed E-state index contributed by atoms with van der Waals surface area (Å²) >= 11 is 1.75. The largest absolute Gasteiger partial charge is 0.354 e. The molecule has 2 heterocycles. The summed E-state index contributed by atoms with van der Waals surface area (Å²) in [4.78, 5) is 11.6. The highest BCUT2D eigenvalue weighted by Crippen LogP contribution is 2.50. The zero-order valence-corrected chi connectivity index (χ0v) is 22.1. The molecule has 0 bridgehead atoms. The van der Waals surface area contributed by atoms with Crippen molar-refractivity contribution < 1.29 is 13.0 Å². The van der Waals surface area contributed by atoms with E-state index in [0.717, 1.165) is 59.8 Å². The maximum absolute atomic E-state index is 11.9. The van der Waals surface area contributed by atoms with Gasteiger partial charge >= 0.3 is 0 Å². The maximum atomic E-state index is 11.9. The number of anilines is 2. The Hall–Kier alpha value is -2.29. The minimum absolute atomic E-state index is 0.259. The number of hydrogen-bond acceptors (Lipinski definition) is 6. The normalized spacial score (nSPS) is 17.9. The highest BCUT2D eigenvalue weighted by molar-refractivity contribution is 7.99. The number of rotatable bonds is 11. The van der Waals surface area contributed by atoms with E-state index in [2.05, 4.69) is 60.2 Å². The Morgan fingerprint density at radius 3 is 2.60 bits per heavy atom. The molecule has 6 nitrogen and oxygen atoms in total. The molecule has 35 heavy (non-hydrogen) atoms. The van der Waals surface area contributed by atoms with Crippen LogP contribution in [0.15, 0.2) is 69.5 Å². The lowest BCUT2D eigenvalue weighted by atomic mass is 10.0. The fourth-order valence-electron chi connectivity index (χ4n) is 4.73. The molecular formula is C27H35N3O3S2. The van der Waals surface area contributed by atoms with Crippen LogP contribution in [-0.4, -0.2) is 48.6 Å². The average molecular weight is 514 g/mol. The standard InChI is InChI=1S/C27H35N3O3S2/c1-3-5-10-21-13-14-26-24(20-21)30(22-11-7-8-12-25(22)34-26)23(15-19-35(31,32)33)27-28-16-9-18-29(27)17-6-4-2/h7-9,11-14,16,18,20,23,27H,3-6,10,15,17,19H2,1-2H3,(H,31,32,33). The van der Waals surface area contributed by atoms with Crippen LogP contribution in [0.5, 0.6) is 0 Å². The summed E-state index contributed by atoms with van der Waals surface area (Å²) in [6.45, 7) is 5.20. The third kappa shape index (κ3) is 6.29. The molecule has 0 fully saturated rings. The number of nitrogens with zero attached hydrogens (tertiary/aromatic N) is 3. The molecule has 2 aromatic rings. The Morgan fingerprint density at radius 2 is 1.83 bits per heavy atom. The zero-order chi connectivity index (χ0) is 24.8. The van der Waals surface area contributed by atoms with E-state index in [4.69, 9.17) is 4.99 Å². The molecule has 2 aliphatic rings. The molecule has 0 saturated heterocycles. The molecule has 0 saturated carbocycles. The maximum Gasteiger partial charge on any atom is 0.264 e. The minimum atomic E-state index is -4.13. The summed E-state index contributed by atoms with van der Waals surface area (Å²) in [5.74, 6) is -0.314. The van der Waals surface area contributed by atoms with E-state index >= 15 is 0 Å². The zero-order valence-electron chi connectivity index (χ0n) is 20.5. The van der Waals surface area contributed by atoms with E-state index in [1.807, 2.05) is 18.2 Å². The van der Waals surface area contributed by atoms with Gasteiger partial charge in [0.25, 0.3) is 10.1 Å². The quantitative estimate of drug-likeness (QED) is 0.355. The number of allylic oxidation sites excluding steroid dienone is 1. The van der Waals surface area contributed by atoms with Crippen molar-refractivity contribution in [3.05, 3.63) is 60.3 Å². The van der Waals surface area contributed by atoms with Crippen LogP contribution >= 0.6 is 11.8 Å². The summed E-state index contributed by atoms with van der Waals surface area (Å²) in [6.07, 6.45) is 11.1.